The number of carbonyl (C=O) groups is 1. The lowest BCUT2D eigenvalue weighted by Gasteiger charge is -2.24. The summed E-state index contributed by atoms with van der Waals surface area (Å²) in [6.45, 7) is 4.36. The van der Waals surface area contributed by atoms with E-state index in [1.807, 2.05) is 12.1 Å². The fourth-order valence-electron chi connectivity index (χ4n) is 4.53. The molecule has 0 saturated carbocycles. The van der Waals surface area contributed by atoms with Gasteiger partial charge in [-0.1, -0.05) is 90.4 Å². The number of aryl methyl sites for hydroxylation is 2. The van der Waals surface area contributed by atoms with Crippen molar-refractivity contribution in [3.63, 3.8) is 0 Å². The smallest absolute Gasteiger partial charge is 0.410 e. The molecule has 0 fully saturated rings. The van der Waals surface area contributed by atoms with Gasteiger partial charge < -0.3 is 9.64 Å². The van der Waals surface area contributed by atoms with E-state index in [1.54, 1.807) is 14.1 Å². The fraction of sp³-hybridized carbons (Fsp3) is 0.207. The second-order valence-electron chi connectivity index (χ2n) is 8.24. The minimum Gasteiger partial charge on any atom is -0.410 e. The molecule has 4 aromatic rings. The Morgan fingerprint density at radius 2 is 1.33 bits per heavy atom. The third-order valence-electron chi connectivity index (χ3n) is 5.94. The number of fused-ring (bicyclic) bond motifs is 1. The molecule has 0 radical (unpaired) electrons. The normalized spacial score (nSPS) is 10.9. The molecule has 33 heavy (non-hydrogen) atoms. The molecule has 0 aliphatic carbocycles. The first-order valence-corrected chi connectivity index (χ1v) is 12.1. The van der Waals surface area contributed by atoms with Crippen LogP contribution in [0.25, 0.3) is 33.0 Å². The predicted octanol–water partition coefficient (Wildman–Crippen LogP) is 8.12. The van der Waals surface area contributed by atoms with Gasteiger partial charge in [-0.2, -0.15) is 0 Å². The van der Waals surface area contributed by atoms with E-state index in [4.69, 9.17) is 4.74 Å². The lowest BCUT2D eigenvalue weighted by molar-refractivity contribution is 0.172. The largest absolute Gasteiger partial charge is 0.414 e. The Hall–Kier alpha value is -3.11. The molecular formula is C29H28BrNO2. The predicted molar refractivity (Wildman–Crippen MR) is 141 cm³/mol. The number of rotatable bonds is 5. The molecule has 4 heteroatoms. The van der Waals surface area contributed by atoms with Crippen molar-refractivity contribution in [1.29, 1.82) is 0 Å². The minimum absolute atomic E-state index is 0.386. The van der Waals surface area contributed by atoms with Gasteiger partial charge in [0, 0.05) is 24.0 Å². The maximum atomic E-state index is 12.6. The molecule has 0 aromatic heterocycles. The maximum Gasteiger partial charge on any atom is 0.414 e. The lowest BCUT2D eigenvalue weighted by atomic mass is 9.81. The molecule has 1 amide bonds. The van der Waals surface area contributed by atoms with Gasteiger partial charge in [0.05, 0.1) is 0 Å². The first-order chi connectivity index (χ1) is 16.0. The molecule has 0 aliphatic heterocycles. The number of hydrogen-bond acceptors (Lipinski definition) is 2. The van der Waals surface area contributed by atoms with Gasteiger partial charge >= 0.3 is 6.09 Å². The van der Waals surface area contributed by atoms with Crippen molar-refractivity contribution in [1.82, 2.24) is 4.90 Å². The number of nitrogens with zero attached hydrogens (tertiary/aromatic N) is 1. The average molecular weight is 502 g/mol. The molecule has 0 bridgehead atoms. The fourth-order valence-corrected chi connectivity index (χ4v) is 4.96. The van der Waals surface area contributed by atoms with Crippen LogP contribution in [0.4, 0.5) is 4.79 Å². The molecule has 0 aliphatic rings. The molecule has 0 saturated heterocycles. The van der Waals surface area contributed by atoms with Crippen molar-refractivity contribution in [3.05, 3.63) is 88.4 Å². The summed E-state index contributed by atoms with van der Waals surface area (Å²) in [7, 11) is 3.40. The second kappa shape index (κ2) is 9.80. The molecule has 0 atom stereocenters. The minimum atomic E-state index is -0.386. The molecule has 3 nitrogen and oxygen atoms in total. The second-order valence-corrected chi connectivity index (χ2v) is 9.15. The highest BCUT2D eigenvalue weighted by Crippen LogP contribution is 2.47. The highest BCUT2D eigenvalue weighted by Gasteiger charge is 2.24. The van der Waals surface area contributed by atoms with Crippen LogP contribution in [0.1, 0.15) is 25.0 Å². The molecule has 4 rings (SSSR count). The molecule has 0 spiro atoms. The zero-order valence-electron chi connectivity index (χ0n) is 19.5. The van der Waals surface area contributed by atoms with Crippen molar-refractivity contribution in [2.75, 3.05) is 14.1 Å². The van der Waals surface area contributed by atoms with Gasteiger partial charge in [-0.3, -0.25) is 0 Å². The van der Waals surface area contributed by atoms with Crippen LogP contribution in [0.2, 0.25) is 0 Å². The summed E-state index contributed by atoms with van der Waals surface area (Å²) in [5.41, 5.74) is 7.24. The number of amides is 1. The summed E-state index contributed by atoms with van der Waals surface area (Å²) >= 11 is 3.66. The van der Waals surface area contributed by atoms with Gasteiger partial charge in [0.15, 0.2) is 0 Å². The number of benzene rings is 4. The Morgan fingerprint density at radius 1 is 0.818 bits per heavy atom. The van der Waals surface area contributed by atoms with Crippen LogP contribution in [0, 0.1) is 0 Å². The summed E-state index contributed by atoms with van der Waals surface area (Å²) in [5.74, 6) is 0.585. The van der Waals surface area contributed by atoms with Crippen LogP contribution in [0.15, 0.2) is 77.3 Å². The number of hydrogen-bond donors (Lipinski definition) is 0. The first-order valence-electron chi connectivity index (χ1n) is 11.3. The van der Waals surface area contributed by atoms with Gasteiger partial charge in [0.2, 0.25) is 0 Å². The summed E-state index contributed by atoms with van der Waals surface area (Å²) in [5, 5.41) is 2.12. The van der Waals surface area contributed by atoms with Gasteiger partial charge in [-0.05, 0) is 63.7 Å². The summed E-state index contributed by atoms with van der Waals surface area (Å²) in [6.07, 6.45) is 1.27. The Labute approximate surface area is 204 Å². The monoisotopic (exact) mass is 501 g/mol. The first kappa shape index (κ1) is 23.1. The van der Waals surface area contributed by atoms with Crippen LogP contribution < -0.4 is 4.74 Å². The van der Waals surface area contributed by atoms with E-state index in [1.165, 1.54) is 32.7 Å². The van der Waals surface area contributed by atoms with E-state index < -0.39 is 0 Å². The molecule has 4 aromatic carbocycles. The standard InChI is InChI=1S/C29H28BrNO2/c1-5-22-24-17-21(30)18-25(33-29(32)31(3)4)28(24)23(6-2)27(20-15-11-8-12-16-20)26(22)19-13-9-7-10-14-19/h7-18H,5-6H2,1-4H3. The third kappa shape index (κ3) is 4.40. The van der Waals surface area contributed by atoms with Crippen molar-refractivity contribution in [2.24, 2.45) is 0 Å². The van der Waals surface area contributed by atoms with Crippen LogP contribution in [-0.2, 0) is 12.8 Å². The Kier molecular flexibility index (Phi) is 6.85. The lowest BCUT2D eigenvalue weighted by Crippen LogP contribution is -2.25. The van der Waals surface area contributed by atoms with E-state index in [0.717, 1.165) is 33.7 Å². The zero-order chi connectivity index (χ0) is 23.5. The molecule has 0 N–H and O–H groups in total. The van der Waals surface area contributed by atoms with Crippen molar-refractivity contribution < 1.29 is 9.53 Å². The van der Waals surface area contributed by atoms with E-state index in [-0.39, 0.29) is 6.09 Å². The van der Waals surface area contributed by atoms with Gasteiger partial charge in [-0.25, -0.2) is 4.79 Å². The van der Waals surface area contributed by atoms with Gasteiger partial charge in [-0.15, -0.1) is 0 Å². The van der Waals surface area contributed by atoms with Crippen LogP contribution >= 0.6 is 15.9 Å². The Balaban J connectivity index is 2.21. The zero-order valence-corrected chi connectivity index (χ0v) is 21.1. The maximum absolute atomic E-state index is 12.6. The quantitative estimate of drug-likeness (QED) is 0.276. The van der Waals surface area contributed by atoms with Gasteiger partial charge in [0.1, 0.15) is 5.75 Å². The third-order valence-corrected chi connectivity index (χ3v) is 6.40. The van der Waals surface area contributed by atoms with E-state index in [2.05, 4.69) is 90.4 Å². The summed E-state index contributed by atoms with van der Waals surface area (Å²) in [6, 6.07) is 25.2. The molecule has 168 valence electrons. The highest BCUT2D eigenvalue weighted by atomic mass is 79.9. The van der Waals surface area contributed by atoms with E-state index in [9.17, 15) is 4.79 Å². The summed E-state index contributed by atoms with van der Waals surface area (Å²) in [4.78, 5) is 14.0. The molecule has 0 unspecified atom stereocenters. The summed E-state index contributed by atoms with van der Waals surface area (Å²) < 4.78 is 6.79. The molecule has 0 heterocycles. The SMILES string of the molecule is CCc1c(-c2ccccc2)c(-c2ccccc2)c(CC)c2c(OC(=O)N(C)C)cc(Br)cc12. The Bertz CT molecular complexity index is 1300. The van der Waals surface area contributed by atoms with Crippen LogP contribution in [-0.4, -0.2) is 25.1 Å². The van der Waals surface area contributed by atoms with Crippen molar-refractivity contribution in [2.45, 2.75) is 26.7 Å². The van der Waals surface area contributed by atoms with E-state index in [0.29, 0.717) is 5.75 Å². The van der Waals surface area contributed by atoms with E-state index >= 15 is 0 Å². The number of carbonyl (C=O) groups excluding carboxylic acids is 1. The Morgan fingerprint density at radius 3 is 1.82 bits per heavy atom. The van der Waals surface area contributed by atoms with Crippen LogP contribution in [0.3, 0.4) is 0 Å². The van der Waals surface area contributed by atoms with Crippen LogP contribution in [0.5, 0.6) is 5.75 Å². The highest BCUT2D eigenvalue weighted by molar-refractivity contribution is 9.10. The van der Waals surface area contributed by atoms with Crippen molar-refractivity contribution >= 4 is 32.8 Å². The number of ether oxygens (including phenoxy) is 1. The topological polar surface area (TPSA) is 29.5 Å². The van der Waals surface area contributed by atoms with Crippen molar-refractivity contribution in [3.8, 4) is 28.0 Å². The number of halogens is 1. The molecular weight excluding hydrogens is 474 g/mol. The average Bonchev–Trinajstić information content (AvgIpc) is 2.83. The van der Waals surface area contributed by atoms with Gasteiger partial charge in [0.25, 0.3) is 0 Å².